The summed E-state index contributed by atoms with van der Waals surface area (Å²) in [5, 5.41) is 0. The lowest BCUT2D eigenvalue weighted by Gasteiger charge is -2.28. The second kappa shape index (κ2) is 7.99. The van der Waals surface area contributed by atoms with Gasteiger partial charge in [-0.1, -0.05) is 30.3 Å². The van der Waals surface area contributed by atoms with Crippen molar-refractivity contribution in [1.82, 2.24) is 9.62 Å². The predicted molar refractivity (Wildman–Crippen MR) is 104 cm³/mol. The summed E-state index contributed by atoms with van der Waals surface area (Å²) in [6.45, 7) is 5.26. The van der Waals surface area contributed by atoms with E-state index in [4.69, 9.17) is 0 Å². The molecule has 4 nitrogen and oxygen atoms in total. The van der Waals surface area contributed by atoms with Crippen LogP contribution in [0.2, 0.25) is 0 Å². The van der Waals surface area contributed by atoms with Crippen molar-refractivity contribution in [3.05, 3.63) is 63.6 Å². The Bertz CT molecular complexity index is 852. The topological polar surface area (TPSA) is 49.4 Å². The first kappa shape index (κ1) is 18.6. The van der Waals surface area contributed by atoms with Crippen molar-refractivity contribution in [3.8, 4) is 0 Å². The molecule has 0 unspecified atom stereocenters. The van der Waals surface area contributed by atoms with Crippen LogP contribution < -0.4 is 4.72 Å². The average Bonchev–Trinajstić information content (AvgIpc) is 2.58. The zero-order valence-corrected chi connectivity index (χ0v) is 16.7. The van der Waals surface area contributed by atoms with Gasteiger partial charge in [0, 0.05) is 24.1 Å². The third kappa shape index (κ3) is 4.70. The molecule has 0 atom stereocenters. The third-order valence-corrected chi connectivity index (χ3v) is 6.97. The molecule has 0 saturated carbocycles. The summed E-state index contributed by atoms with van der Waals surface area (Å²) in [6.07, 6.45) is 1.86. The van der Waals surface area contributed by atoms with Crippen molar-refractivity contribution in [2.24, 2.45) is 0 Å². The Morgan fingerprint density at radius 2 is 1.92 bits per heavy atom. The van der Waals surface area contributed by atoms with Gasteiger partial charge in [0.15, 0.2) is 0 Å². The van der Waals surface area contributed by atoms with Crippen molar-refractivity contribution in [1.29, 1.82) is 0 Å². The monoisotopic (exact) mass is 422 g/mol. The number of aryl methyl sites for hydroxylation is 1. The fourth-order valence-corrected chi connectivity index (χ4v) is 5.42. The summed E-state index contributed by atoms with van der Waals surface area (Å²) in [5.74, 6) is 0. The Labute approximate surface area is 158 Å². The number of halogens is 1. The quantitative estimate of drug-likeness (QED) is 0.724. The maximum absolute atomic E-state index is 12.4. The van der Waals surface area contributed by atoms with Gasteiger partial charge in [0.2, 0.25) is 10.0 Å². The number of rotatable bonds is 6. The Morgan fingerprint density at radius 1 is 1.16 bits per heavy atom. The summed E-state index contributed by atoms with van der Waals surface area (Å²) < 4.78 is 28.2. The number of hydrogen-bond acceptors (Lipinski definition) is 3. The van der Waals surface area contributed by atoms with Gasteiger partial charge in [-0.3, -0.25) is 4.90 Å². The van der Waals surface area contributed by atoms with Gasteiger partial charge in [-0.25, -0.2) is 13.1 Å². The maximum atomic E-state index is 12.4. The first-order valence-electron chi connectivity index (χ1n) is 8.51. The van der Waals surface area contributed by atoms with Crippen LogP contribution >= 0.6 is 15.9 Å². The molecule has 2 aromatic rings. The van der Waals surface area contributed by atoms with Crippen molar-refractivity contribution in [2.45, 2.75) is 31.2 Å². The number of nitrogens with zero attached hydrogens (tertiary/aromatic N) is 1. The van der Waals surface area contributed by atoms with E-state index in [1.165, 1.54) is 11.1 Å². The molecule has 0 aliphatic carbocycles. The molecule has 1 aliphatic heterocycles. The SMILES string of the molecule is Cc1ccc(S(=O)(=O)NCCCN2CCc3ccccc3C2)c(Br)c1. The molecule has 25 heavy (non-hydrogen) atoms. The van der Waals surface area contributed by atoms with Crippen molar-refractivity contribution in [2.75, 3.05) is 19.6 Å². The highest BCUT2D eigenvalue weighted by Gasteiger charge is 2.18. The first-order valence-corrected chi connectivity index (χ1v) is 10.8. The Hall–Kier alpha value is -1.21. The average molecular weight is 423 g/mol. The lowest BCUT2D eigenvalue weighted by Crippen LogP contribution is -2.33. The highest BCUT2D eigenvalue weighted by atomic mass is 79.9. The summed E-state index contributed by atoms with van der Waals surface area (Å²) in [5.41, 5.74) is 3.85. The van der Waals surface area contributed by atoms with Crippen molar-refractivity contribution in [3.63, 3.8) is 0 Å². The van der Waals surface area contributed by atoms with E-state index < -0.39 is 10.0 Å². The van der Waals surface area contributed by atoms with E-state index in [1.54, 1.807) is 6.07 Å². The van der Waals surface area contributed by atoms with Crippen LogP contribution in [-0.4, -0.2) is 33.0 Å². The lowest BCUT2D eigenvalue weighted by atomic mass is 10.00. The van der Waals surface area contributed by atoms with E-state index in [0.29, 0.717) is 15.9 Å². The number of benzene rings is 2. The van der Waals surface area contributed by atoms with E-state index in [2.05, 4.69) is 49.8 Å². The minimum atomic E-state index is -3.47. The van der Waals surface area contributed by atoms with Gasteiger partial charge in [0.05, 0.1) is 4.90 Å². The molecule has 134 valence electrons. The molecule has 1 N–H and O–H groups in total. The van der Waals surface area contributed by atoms with Gasteiger partial charge in [-0.05, 0) is 71.1 Å². The van der Waals surface area contributed by atoms with Crippen molar-refractivity contribution < 1.29 is 8.42 Å². The van der Waals surface area contributed by atoms with Crippen LogP contribution in [0.4, 0.5) is 0 Å². The fraction of sp³-hybridized carbons (Fsp3) is 0.368. The molecule has 0 spiro atoms. The van der Waals surface area contributed by atoms with Crippen LogP contribution in [0, 0.1) is 6.92 Å². The third-order valence-electron chi connectivity index (χ3n) is 4.53. The minimum absolute atomic E-state index is 0.296. The largest absolute Gasteiger partial charge is 0.299 e. The molecule has 2 aromatic carbocycles. The standard InChI is InChI=1S/C19H23BrN2O2S/c1-15-7-8-19(18(20)13-15)25(23,24)21-10-4-11-22-12-9-16-5-2-3-6-17(16)14-22/h2-3,5-8,13,21H,4,9-12,14H2,1H3. The molecule has 3 rings (SSSR count). The summed E-state index contributed by atoms with van der Waals surface area (Å²) in [4.78, 5) is 2.68. The molecule has 0 amide bonds. The van der Waals surface area contributed by atoms with Crippen LogP contribution in [-0.2, 0) is 23.0 Å². The summed E-state index contributed by atoms with van der Waals surface area (Å²) >= 11 is 3.34. The Balaban J connectivity index is 1.50. The fourth-order valence-electron chi connectivity index (χ4n) is 3.16. The second-order valence-corrected chi connectivity index (χ2v) is 9.07. The molecular formula is C19H23BrN2O2S. The molecule has 0 fully saturated rings. The highest BCUT2D eigenvalue weighted by molar-refractivity contribution is 9.10. The van der Waals surface area contributed by atoms with E-state index in [9.17, 15) is 8.42 Å². The summed E-state index contributed by atoms with van der Waals surface area (Å²) in [7, 11) is -3.47. The molecule has 0 aromatic heterocycles. The predicted octanol–water partition coefficient (Wildman–Crippen LogP) is 3.48. The van der Waals surface area contributed by atoms with E-state index >= 15 is 0 Å². The smallest absolute Gasteiger partial charge is 0.241 e. The number of nitrogens with one attached hydrogen (secondary N) is 1. The van der Waals surface area contributed by atoms with Gasteiger partial charge in [0.1, 0.15) is 0 Å². The Morgan fingerprint density at radius 3 is 2.68 bits per heavy atom. The molecule has 0 bridgehead atoms. The first-order chi connectivity index (χ1) is 12.0. The Kier molecular flexibility index (Phi) is 5.94. The van der Waals surface area contributed by atoms with Crippen LogP contribution in [0.5, 0.6) is 0 Å². The second-order valence-electron chi connectivity index (χ2n) is 6.48. The van der Waals surface area contributed by atoms with Gasteiger partial charge < -0.3 is 0 Å². The van der Waals surface area contributed by atoms with E-state index in [1.807, 2.05) is 19.1 Å². The highest BCUT2D eigenvalue weighted by Crippen LogP contribution is 2.23. The van der Waals surface area contributed by atoms with Crippen LogP contribution in [0.25, 0.3) is 0 Å². The lowest BCUT2D eigenvalue weighted by molar-refractivity contribution is 0.251. The zero-order chi connectivity index (χ0) is 17.9. The molecule has 0 saturated heterocycles. The van der Waals surface area contributed by atoms with Gasteiger partial charge in [0.25, 0.3) is 0 Å². The molecule has 0 radical (unpaired) electrons. The number of hydrogen-bond donors (Lipinski definition) is 1. The van der Waals surface area contributed by atoms with E-state index in [0.717, 1.165) is 38.0 Å². The van der Waals surface area contributed by atoms with E-state index in [-0.39, 0.29) is 0 Å². The van der Waals surface area contributed by atoms with Gasteiger partial charge >= 0.3 is 0 Å². The van der Waals surface area contributed by atoms with Crippen LogP contribution in [0.1, 0.15) is 23.1 Å². The van der Waals surface area contributed by atoms with Gasteiger partial charge in [-0.15, -0.1) is 0 Å². The molecular weight excluding hydrogens is 400 g/mol. The molecule has 6 heteroatoms. The molecule has 1 aliphatic rings. The normalized spacial score (nSPS) is 15.1. The zero-order valence-electron chi connectivity index (χ0n) is 14.3. The molecule has 1 heterocycles. The minimum Gasteiger partial charge on any atom is -0.299 e. The number of sulfonamides is 1. The van der Waals surface area contributed by atoms with Crippen LogP contribution in [0.3, 0.4) is 0 Å². The maximum Gasteiger partial charge on any atom is 0.241 e. The summed E-state index contributed by atoms with van der Waals surface area (Å²) in [6, 6.07) is 13.8. The van der Waals surface area contributed by atoms with Crippen LogP contribution in [0.15, 0.2) is 51.8 Å². The van der Waals surface area contributed by atoms with Gasteiger partial charge in [-0.2, -0.15) is 0 Å². The number of fused-ring (bicyclic) bond motifs is 1. The van der Waals surface area contributed by atoms with Crippen molar-refractivity contribution >= 4 is 26.0 Å².